The quantitative estimate of drug-likeness (QED) is 0.749. The first-order valence-electron chi connectivity index (χ1n) is 9.15. The normalized spacial score (nSPS) is 12.8. The predicted octanol–water partition coefficient (Wildman–Crippen LogP) is 4.36. The maximum absolute atomic E-state index is 12.8. The van der Waals surface area contributed by atoms with E-state index < -0.39 is 6.10 Å². The minimum atomic E-state index is -0.565. The van der Waals surface area contributed by atoms with Crippen LogP contribution in [0.5, 0.6) is 17.2 Å². The Bertz CT molecular complexity index is 768. The molecule has 0 unspecified atom stereocenters. The fourth-order valence-electron chi connectivity index (χ4n) is 3.05. The molecule has 0 radical (unpaired) electrons. The van der Waals surface area contributed by atoms with Crippen molar-refractivity contribution in [2.45, 2.75) is 46.3 Å². The van der Waals surface area contributed by atoms with Crippen molar-refractivity contribution in [3.05, 3.63) is 53.1 Å². The van der Waals surface area contributed by atoms with E-state index in [-0.39, 0.29) is 11.9 Å². The largest absolute Gasteiger partial charge is 0.497 e. The smallest absolute Gasteiger partial charge is 0.261 e. The van der Waals surface area contributed by atoms with Crippen molar-refractivity contribution in [1.82, 2.24) is 5.32 Å². The zero-order chi connectivity index (χ0) is 20.0. The zero-order valence-electron chi connectivity index (χ0n) is 17.0. The van der Waals surface area contributed by atoms with Crippen molar-refractivity contribution in [2.24, 2.45) is 0 Å². The minimum Gasteiger partial charge on any atom is -0.497 e. The van der Waals surface area contributed by atoms with Gasteiger partial charge in [0, 0.05) is 5.56 Å². The molecule has 0 spiro atoms. The van der Waals surface area contributed by atoms with Crippen molar-refractivity contribution in [3.63, 3.8) is 0 Å². The summed E-state index contributed by atoms with van der Waals surface area (Å²) in [6.45, 7) is 7.87. The molecule has 0 aliphatic carbocycles. The molecule has 27 heavy (non-hydrogen) atoms. The van der Waals surface area contributed by atoms with E-state index in [0.717, 1.165) is 16.7 Å². The van der Waals surface area contributed by atoms with E-state index in [1.165, 1.54) is 0 Å². The number of ether oxygens (including phenoxy) is 3. The lowest BCUT2D eigenvalue weighted by molar-refractivity contribution is -0.128. The molecule has 0 aliphatic rings. The number of hydrogen-bond acceptors (Lipinski definition) is 4. The lowest BCUT2D eigenvalue weighted by atomic mass is 10.1. The Kier molecular flexibility index (Phi) is 7.11. The third kappa shape index (κ3) is 5.39. The van der Waals surface area contributed by atoms with E-state index in [1.54, 1.807) is 14.2 Å². The Morgan fingerprint density at radius 1 is 1.00 bits per heavy atom. The summed E-state index contributed by atoms with van der Waals surface area (Å²) in [6, 6.07) is 11.2. The average molecular weight is 371 g/mol. The van der Waals surface area contributed by atoms with Gasteiger partial charge in [-0.3, -0.25) is 4.79 Å². The van der Waals surface area contributed by atoms with Crippen LogP contribution in [0.15, 0.2) is 36.4 Å². The molecule has 0 fully saturated rings. The van der Waals surface area contributed by atoms with Crippen molar-refractivity contribution in [1.29, 1.82) is 0 Å². The van der Waals surface area contributed by atoms with Crippen molar-refractivity contribution in [3.8, 4) is 17.2 Å². The van der Waals surface area contributed by atoms with Gasteiger partial charge in [0.15, 0.2) is 6.10 Å². The Labute approximate surface area is 161 Å². The molecule has 1 N–H and O–H groups in total. The highest BCUT2D eigenvalue weighted by Crippen LogP contribution is 2.29. The number of carbonyl (C=O) groups is 1. The molecule has 0 heterocycles. The van der Waals surface area contributed by atoms with Crippen LogP contribution in [0.4, 0.5) is 0 Å². The number of nitrogens with one attached hydrogen (secondary N) is 1. The molecule has 146 valence electrons. The number of hydrogen-bond donors (Lipinski definition) is 1. The first kappa shape index (κ1) is 20.6. The van der Waals surface area contributed by atoms with Crippen LogP contribution in [0.2, 0.25) is 0 Å². The monoisotopic (exact) mass is 371 g/mol. The van der Waals surface area contributed by atoms with Crippen LogP contribution in [-0.2, 0) is 4.79 Å². The Balaban J connectivity index is 2.14. The van der Waals surface area contributed by atoms with Gasteiger partial charge in [0.1, 0.15) is 17.2 Å². The summed E-state index contributed by atoms with van der Waals surface area (Å²) in [5.74, 6) is 1.97. The lowest BCUT2D eigenvalue weighted by Gasteiger charge is -2.22. The van der Waals surface area contributed by atoms with E-state index in [9.17, 15) is 4.79 Å². The predicted molar refractivity (Wildman–Crippen MR) is 107 cm³/mol. The molecule has 2 rings (SSSR count). The molecule has 2 atom stereocenters. The van der Waals surface area contributed by atoms with Gasteiger partial charge in [0.2, 0.25) is 0 Å². The van der Waals surface area contributed by atoms with Gasteiger partial charge in [-0.05, 0) is 68.7 Å². The van der Waals surface area contributed by atoms with Crippen LogP contribution in [0.25, 0.3) is 0 Å². The van der Waals surface area contributed by atoms with E-state index in [2.05, 4.69) is 11.4 Å². The number of benzene rings is 2. The topological polar surface area (TPSA) is 56.8 Å². The molecule has 0 saturated heterocycles. The van der Waals surface area contributed by atoms with E-state index >= 15 is 0 Å². The second-order valence-corrected chi connectivity index (χ2v) is 6.68. The van der Waals surface area contributed by atoms with E-state index in [4.69, 9.17) is 14.2 Å². The van der Waals surface area contributed by atoms with Gasteiger partial charge in [-0.2, -0.15) is 0 Å². The summed E-state index contributed by atoms with van der Waals surface area (Å²) in [5, 5.41) is 3.02. The maximum Gasteiger partial charge on any atom is 0.261 e. The summed E-state index contributed by atoms with van der Waals surface area (Å²) in [6.07, 6.45) is 0.00565. The Hall–Kier alpha value is -2.69. The second kappa shape index (κ2) is 9.31. The molecule has 5 nitrogen and oxygen atoms in total. The summed E-state index contributed by atoms with van der Waals surface area (Å²) in [4.78, 5) is 12.8. The fraction of sp³-hybridized carbons (Fsp3) is 0.409. The highest BCUT2D eigenvalue weighted by molar-refractivity contribution is 5.81. The molecule has 0 aliphatic heterocycles. The van der Waals surface area contributed by atoms with Gasteiger partial charge in [0.25, 0.3) is 5.91 Å². The molecule has 2 aromatic carbocycles. The van der Waals surface area contributed by atoms with Crippen LogP contribution in [0.1, 0.15) is 43.0 Å². The number of carbonyl (C=O) groups excluding carboxylic acids is 1. The Morgan fingerprint density at radius 3 is 2.22 bits per heavy atom. The van der Waals surface area contributed by atoms with Gasteiger partial charge in [0.05, 0.1) is 20.3 Å². The van der Waals surface area contributed by atoms with Crippen LogP contribution >= 0.6 is 0 Å². The molecule has 0 bridgehead atoms. The molecule has 5 heteroatoms. The first-order chi connectivity index (χ1) is 12.9. The minimum absolute atomic E-state index is 0.158. The fourth-order valence-corrected chi connectivity index (χ4v) is 3.05. The highest BCUT2D eigenvalue weighted by Gasteiger charge is 2.22. The molecule has 1 amide bonds. The van der Waals surface area contributed by atoms with Crippen molar-refractivity contribution >= 4 is 5.91 Å². The van der Waals surface area contributed by atoms with E-state index in [1.807, 2.05) is 58.0 Å². The van der Waals surface area contributed by atoms with Crippen molar-refractivity contribution < 1.29 is 19.0 Å². The number of rotatable bonds is 8. The van der Waals surface area contributed by atoms with Gasteiger partial charge < -0.3 is 19.5 Å². The third-order valence-corrected chi connectivity index (χ3v) is 4.40. The SMILES string of the molecule is CC[C@H](Oc1cc(C)cc(C)c1)C(=O)N[C@H](C)c1cc(OC)ccc1OC. The van der Waals surface area contributed by atoms with Gasteiger partial charge in [-0.25, -0.2) is 0 Å². The Morgan fingerprint density at radius 2 is 1.67 bits per heavy atom. The third-order valence-electron chi connectivity index (χ3n) is 4.40. The first-order valence-corrected chi connectivity index (χ1v) is 9.15. The molecule has 0 saturated carbocycles. The van der Waals surface area contributed by atoms with Crippen LogP contribution in [0, 0.1) is 13.8 Å². The van der Waals surface area contributed by atoms with Crippen LogP contribution in [0.3, 0.4) is 0 Å². The molecular weight excluding hydrogens is 342 g/mol. The maximum atomic E-state index is 12.8. The molecular formula is C22H29NO4. The lowest BCUT2D eigenvalue weighted by Crippen LogP contribution is -2.39. The van der Waals surface area contributed by atoms with Crippen molar-refractivity contribution in [2.75, 3.05) is 14.2 Å². The molecule has 0 aromatic heterocycles. The second-order valence-electron chi connectivity index (χ2n) is 6.68. The molecule has 2 aromatic rings. The number of aryl methyl sites for hydroxylation is 2. The zero-order valence-corrected chi connectivity index (χ0v) is 17.0. The van der Waals surface area contributed by atoms with Gasteiger partial charge in [-0.15, -0.1) is 0 Å². The highest BCUT2D eigenvalue weighted by atomic mass is 16.5. The van der Waals surface area contributed by atoms with Gasteiger partial charge in [-0.1, -0.05) is 13.0 Å². The van der Waals surface area contributed by atoms with Gasteiger partial charge >= 0.3 is 0 Å². The summed E-state index contributed by atoms with van der Waals surface area (Å²) < 4.78 is 16.7. The summed E-state index contributed by atoms with van der Waals surface area (Å²) >= 11 is 0. The summed E-state index contributed by atoms with van der Waals surface area (Å²) in [5.41, 5.74) is 3.07. The number of amides is 1. The van der Waals surface area contributed by atoms with E-state index in [0.29, 0.717) is 23.7 Å². The summed E-state index contributed by atoms with van der Waals surface area (Å²) in [7, 11) is 3.22. The number of methoxy groups -OCH3 is 2. The standard InChI is InChI=1S/C22H29NO4/c1-7-20(27-18-11-14(2)10-15(3)12-18)22(24)23-16(4)19-13-17(25-5)8-9-21(19)26-6/h8-13,16,20H,7H2,1-6H3,(H,23,24)/t16-,20+/m1/s1. The van der Waals surface area contributed by atoms with Crippen LogP contribution < -0.4 is 19.5 Å². The average Bonchev–Trinajstić information content (AvgIpc) is 2.64. The van der Waals surface area contributed by atoms with Crippen LogP contribution in [-0.4, -0.2) is 26.2 Å².